The van der Waals surface area contributed by atoms with Gasteiger partial charge in [0.2, 0.25) is 0 Å². The van der Waals surface area contributed by atoms with Crippen LogP contribution in [0.2, 0.25) is 0 Å². The molecule has 0 saturated carbocycles. The third-order valence-corrected chi connectivity index (χ3v) is 1.26. The number of hydrogen-bond donors (Lipinski definition) is 1. The summed E-state index contributed by atoms with van der Waals surface area (Å²) in [5, 5.41) is 3.16. The zero-order valence-electron chi connectivity index (χ0n) is 5.68. The monoisotopic (exact) mass is 145 g/mol. The molecular weight excluding hydrogens is 133 g/mol. The predicted molar refractivity (Wildman–Crippen MR) is 39.3 cm³/mol. The summed E-state index contributed by atoms with van der Waals surface area (Å²) in [5.41, 5.74) is 2.66. The second-order valence-corrected chi connectivity index (χ2v) is 2.25. The van der Waals surface area contributed by atoms with Crippen LogP contribution in [0.3, 0.4) is 0 Å². The van der Waals surface area contributed by atoms with Gasteiger partial charge in [0.1, 0.15) is 0 Å². The second kappa shape index (κ2) is 7.97. The van der Waals surface area contributed by atoms with E-state index in [0.29, 0.717) is 0 Å². The molecule has 1 N–H and O–H groups in total. The molecule has 0 fully saturated rings. The molecule has 0 unspecified atom stereocenters. The molecular formula is C6H12NOP. The Balaban J connectivity index is 2.88. The Morgan fingerprint density at radius 3 is 2.89 bits per heavy atom. The fourth-order valence-electron chi connectivity index (χ4n) is 0.492. The van der Waals surface area contributed by atoms with E-state index in [4.69, 9.17) is 0 Å². The summed E-state index contributed by atoms with van der Waals surface area (Å²) >= 11 is 0. The summed E-state index contributed by atoms with van der Waals surface area (Å²) in [6, 6.07) is 0. The van der Waals surface area contributed by atoms with E-state index in [-0.39, 0.29) is 7.92 Å². The first-order valence-corrected chi connectivity index (χ1v) is 3.99. The van der Waals surface area contributed by atoms with Gasteiger partial charge in [0.15, 0.2) is 0 Å². The Morgan fingerprint density at radius 2 is 2.33 bits per heavy atom. The molecule has 0 aromatic carbocycles. The van der Waals surface area contributed by atoms with Crippen molar-refractivity contribution in [3.8, 4) is 5.63 Å². The Bertz CT molecular complexity index is 138. The molecule has 9 heavy (non-hydrogen) atoms. The zero-order chi connectivity index (χ0) is 6.95. The van der Waals surface area contributed by atoms with Gasteiger partial charge in [-0.05, 0) is 0 Å². The van der Waals surface area contributed by atoms with Crippen LogP contribution in [0, 0.1) is 5.63 Å². The Hall–Kier alpha value is -0.0300. The van der Waals surface area contributed by atoms with Crippen LogP contribution in [0.25, 0.3) is 0 Å². The molecule has 0 atom stereocenters. The SMILES string of the molecule is CCCNCCC#P=O. The van der Waals surface area contributed by atoms with Crippen molar-refractivity contribution in [2.45, 2.75) is 19.8 Å². The predicted octanol–water partition coefficient (Wildman–Crippen LogP) is 1.63. The average molecular weight is 145 g/mol. The maximum atomic E-state index is 9.80. The van der Waals surface area contributed by atoms with Crippen LogP contribution in [-0.4, -0.2) is 13.1 Å². The molecule has 0 aromatic heterocycles. The van der Waals surface area contributed by atoms with E-state index in [1.54, 1.807) is 0 Å². The van der Waals surface area contributed by atoms with Crippen LogP contribution >= 0.6 is 7.92 Å². The Kier molecular flexibility index (Phi) is 7.94. The summed E-state index contributed by atoms with van der Waals surface area (Å²) in [6.45, 7) is 4.05. The third kappa shape index (κ3) is 7.97. The van der Waals surface area contributed by atoms with Crippen molar-refractivity contribution in [2.24, 2.45) is 0 Å². The Labute approximate surface area is 57.2 Å². The molecule has 2 nitrogen and oxygen atoms in total. The maximum absolute atomic E-state index is 9.80. The second-order valence-electron chi connectivity index (χ2n) is 1.75. The van der Waals surface area contributed by atoms with Gasteiger partial charge in [-0.1, -0.05) is 0 Å². The van der Waals surface area contributed by atoms with E-state index < -0.39 is 0 Å². The molecule has 0 aromatic rings. The van der Waals surface area contributed by atoms with Gasteiger partial charge in [0.25, 0.3) is 0 Å². The van der Waals surface area contributed by atoms with Crippen LogP contribution in [0.5, 0.6) is 0 Å². The minimum atomic E-state index is 0.0247. The molecule has 52 valence electrons. The van der Waals surface area contributed by atoms with Crippen molar-refractivity contribution in [1.82, 2.24) is 5.32 Å². The molecule has 0 heterocycles. The van der Waals surface area contributed by atoms with Crippen LogP contribution in [0.15, 0.2) is 0 Å². The van der Waals surface area contributed by atoms with E-state index in [1.165, 1.54) is 0 Å². The first-order chi connectivity index (χ1) is 4.41. The topological polar surface area (TPSA) is 29.1 Å². The zero-order valence-corrected chi connectivity index (χ0v) is 6.58. The van der Waals surface area contributed by atoms with Gasteiger partial charge in [-0.2, -0.15) is 0 Å². The molecule has 0 aliphatic carbocycles. The van der Waals surface area contributed by atoms with Gasteiger partial charge < -0.3 is 0 Å². The minimum absolute atomic E-state index is 0.0247. The van der Waals surface area contributed by atoms with Crippen molar-refractivity contribution >= 4 is 7.92 Å². The Morgan fingerprint density at radius 1 is 1.56 bits per heavy atom. The normalized spacial score (nSPS) is 8.56. The van der Waals surface area contributed by atoms with Crippen LogP contribution < -0.4 is 5.32 Å². The number of nitrogens with one attached hydrogen (secondary N) is 1. The first kappa shape index (κ1) is 8.97. The first-order valence-electron chi connectivity index (χ1n) is 3.17. The van der Waals surface area contributed by atoms with Gasteiger partial charge in [-0.15, -0.1) is 0 Å². The average Bonchev–Trinajstić information content (AvgIpc) is 1.89. The fraction of sp³-hybridized carbons (Fsp3) is 0.833. The van der Waals surface area contributed by atoms with Crippen molar-refractivity contribution in [3.05, 3.63) is 0 Å². The summed E-state index contributed by atoms with van der Waals surface area (Å²) in [7, 11) is 0.0247. The molecule has 0 rings (SSSR count). The summed E-state index contributed by atoms with van der Waals surface area (Å²) in [6.07, 6.45) is 1.92. The van der Waals surface area contributed by atoms with Crippen LogP contribution in [-0.2, 0) is 4.57 Å². The quantitative estimate of drug-likeness (QED) is 0.481. The van der Waals surface area contributed by atoms with E-state index in [1.807, 2.05) is 0 Å². The molecule has 3 heteroatoms. The van der Waals surface area contributed by atoms with Gasteiger partial charge in [-0.3, -0.25) is 0 Å². The van der Waals surface area contributed by atoms with Crippen molar-refractivity contribution in [2.75, 3.05) is 13.1 Å². The van der Waals surface area contributed by atoms with Crippen molar-refractivity contribution in [3.63, 3.8) is 0 Å². The number of rotatable bonds is 4. The summed E-state index contributed by atoms with van der Waals surface area (Å²) in [5.74, 6) is 0. The van der Waals surface area contributed by atoms with E-state index in [2.05, 4.69) is 17.9 Å². The van der Waals surface area contributed by atoms with E-state index in [9.17, 15) is 4.57 Å². The summed E-state index contributed by atoms with van der Waals surface area (Å²) < 4.78 is 9.80. The molecule has 0 amide bonds. The van der Waals surface area contributed by atoms with Crippen molar-refractivity contribution < 1.29 is 4.57 Å². The molecule has 0 spiro atoms. The third-order valence-electron chi connectivity index (χ3n) is 0.905. The van der Waals surface area contributed by atoms with Gasteiger partial charge >= 0.3 is 56.3 Å². The summed E-state index contributed by atoms with van der Waals surface area (Å²) in [4.78, 5) is 0. The number of hydrogen-bond acceptors (Lipinski definition) is 2. The van der Waals surface area contributed by atoms with Gasteiger partial charge in [-0.25, -0.2) is 0 Å². The molecule has 0 saturated heterocycles. The van der Waals surface area contributed by atoms with Gasteiger partial charge in [0, 0.05) is 0 Å². The molecule has 0 radical (unpaired) electrons. The van der Waals surface area contributed by atoms with Gasteiger partial charge in [0.05, 0.1) is 0 Å². The van der Waals surface area contributed by atoms with Crippen LogP contribution in [0.1, 0.15) is 19.8 Å². The molecule has 0 aliphatic heterocycles. The fourth-order valence-corrected chi connectivity index (χ4v) is 0.695. The molecule has 0 aliphatic rings. The standard InChI is InChI=1S/C6H12NOP/c1-2-4-7-5-3-6-9-8/h7H,2-5H2,1H3. The van der Waals surface area contributed by atoms with E-state index >= 15 is 0 Å². The van der Waals surface area contributed by atoms with E-state index in [0.717, 1.165) is 25.9 Å². The van der Waals surface area contributed by atoms with Crippen LogP contribution in [0.4, 0.5) is 0 Å². The van der Waals surface area contributed by atoms with Crippen molar-refractivity contribution in [1.29, 1.82) is 0 Å². The molecule has 0 bridgehead atoms.